The van der Waals surface area contributed by atoms with E-state index in [-0.39, 0.29) is 50.0 Å². The van der Waals surface area contributed by atoms with Gasteiger partial charge in [-0.1, -0.05) is 72.8 Å². The van der Waals surface area contributed by atoms with Gasteiger partial charge >= 0.3 is 0 Å². The molecule has 1 amide bonds. The molecule has 14 heteroatoms. The zero-order valence-electron chi connectivity index (χ0n) is 34.2. The van der Waals surface area contributed by atoms with E-state index in [1.165, 1.54) is 6.33 Å². The molecule has 0 spiro atoms. The van der Waals surface area contributed by atoms with Crippen molar-refractivity contribution in [3.8, 4) is 17.6 Å². The SMILES string of the molecule is COc1ccc(C(OCC(Cn2cnc3c(NC(=O)c4ccccc4)ncnc32)OP(OCCC#N)N(C(C)C)C(C)C)(c2ccccc2)c2ccc(OC)cc2)cc1. The second-order valence-electron chi connectivity index (χ2n) is 14.2. The highest BCUT2D eigenvalue weighted by Crippen LogP contribution is 2.48. The first-order valence-electron chi connectivity index (χ1n) is 19.4. The Kier molecular flexibility index (Phi) is 14.7. The molecule has 13 nitrogen and oxygen atoms in total. The molecular formula is C45H50N7O6P. The lowest BCUT2D eigenvalue weighted by Crippen LogP contribution is -2.39. The van der Waals surface area contributed by atoms with Crippen molar-refractivity contribution < 1.29 is 28.1 Å². The second kappa shape index (κ2) is 20.3. The van der Waals surface area contributed by atoms with Crippen molar-refractivity contribution in [1.82, 2.24) is 24.2 Å². The van der Waals surface area contributed by atoms with E-state index in [1.54, 1.807) is 44.8 Å². The summed E-state index contributed by atoms with van der Waals surface area (Å²) >= 11 is 0. The first-order valence-corrected chi connectivity index (χ1v) is 20.6. The first-order chi connectivity index (χ1) is 28.7. The molecule has 0 radical (unpaired) electrons. The predicted octanol–water partition coefficient (Wildman–Crippen LogP) is 8.77. The number of anilines is 1. The molecule has 0 saturated carbocycles. The Morgan fingerprint density at radius 2 is 1.39 bits per heavy atom. The summed E-state index contributed by atoms with van der Waals surface area (Å²) < 4.78 is 36.0. The highest BCUT2D eigenvalue weighted by Gasteiger charge is 2.40. The minimum Gasteiger partial charge on any atom is -0.497 e. The van der Waals surface area contributed by atoms with Crippen LogP contribution in [0.5, 0.6) is 11.5 Å². The maximum absolute atomic E-state index is 13.2. The van der Waals surface area contributed by atoms with Gasteiger partial charge in [-0.15, -0.1) is 0 Å². The molecule has 0 bridgehead atoms. The molecule has 2 heterocycles. The average molecular weight is 816 g/mol. The number of hydrogen-bond acceptors (Lipinski definition) is 11. The number of aromatic nitrogens is 4. The van der Waals surface area contributed by atoms with Crippen molar-refractivity contribution in [3.05, 3.63) is 144 Å². The molecule has 306 valence electrons. The maximum Gasteiger partial charge on any atom is 0.259 e. The van der Waals surface area contributed by atoms with Crippen molar-refractivity contribution >= 4 is 31.4 Å². The number of carbonyl (C=O) groups excluding carboxylic acids is 1. The molecule has 6 rings (SSSR count). The zero-order valence-corrected chi connectivity index (χ0v) is 35.1. The van der Waals surface area contributed by atoms with Crippen molar-refractivity contribution in [1.29, 1.82) is 5.26 Å². The number of benzene rings is 4. The number of hydrogen-bond donors (Lipinski definition) is 1. The van der Waals surface area contributed by atoms with Crippen LogP contribution in [-0.2, 0) is 25.9 Å². The lowest BCUT2D eigenvalue weighted by molar-refractivity contribution is -0.0381. The average Bonchev–Trinajstić information content (AvgIpc) is 3.68. The zero-order chi connectivity index (χ0) is 41.8. The van der Waals surface area contributed by atoms with E-state index in [2.05, 4.69) is 58.7 Å². The maximum atomic E-state index is 13.2. The molecule has 6 aromatic rings. The third-order valence-corrected chi connectivity index (χ3v) is 11.8. The third-order valence-electron chi connectivity index (χ3n) is 9.63. The number of nitriles is 1. The topological polar surface area (TPSA) is 146 Å². The first kappa shape index (κ1) is 42.9. The number of fused-ring (bicyclic) bond motifs is 1. The number of amides is 1. The summed E-state index contributed by atoms with van der Waals surface area (Å²) in [6, 6.07) is 37.0. The van der Waals surface area contributed by atoms with Crippen LogP contribution in [0.3, 0.4) is 0 Å². The Morgan fingerprint density at radius 1 is 0.814 bits per heavy atom. The quantitative estimate of drug-likeness (QED) is 0.0448. The Labute approximate surface area is 346 Å². The summed E-state index contributed by atoms with van der Waals surface area (Å²) in [7, 11) is 1.58. The van der Waals surface area contributed by atoms with Crippen LogP contribution in [0.15, 0.2) is 122 Å². The standard InChI is InChI=1S/C45H50N7O6P/c1-32(2)52(33(3)4)59(57-27-13-26-46)58-40(28-51-31-49-41-42(47-30-48-43(41)51)50-44(53)34-14-9-7-10-15-34)29-56-45(35-16-11-8-12-17-35,36-18-22-38(54-5)23-19-36)37-20-24-39(55-6)25-21-37/h7-12,14-25,30-33,40H,13,27-29H2,1-6H3,(H,47,48,50,53). The molecule has 59 heavy (non-hydrogen) atoms. The predicted molar refractivity (Wildman–Crippen MR) is 228 cm³/mol. The van der Waals surface area contributed by atoms with Gasteiger partial charge in [0.05, 0.1) is 52.8 Å². The summed E-state index contributed by atoms with van der Waals surface area (Å²) in [5.41, 5.74) is 2.91. The van der Waals surface area contributed by atoms with E-state index in [9.17, 15) is 10.1 Å². The van der Waals surface area contributed by atoms with Gasteiger partial charge in [0.1, 0.15) is 29.5 Å². The van der Waals surface area contributed by atoms with Gasteiger partial charge in [-0.2, -0.15) is 5.26 Å². The number of methoxy groups -OCH3 is 2. The molecule has 2 aromatic heterocycles. The molecule has 2 atom stereocenters. The summed E-state index contributed by atoms with van der Waals surface area (Å²) in [6.07, 6.45) is 2.61. The molecule has 0 saturated heterocycles. The normalized spacial score (nSPS) is 12.7. The van der Waals surface area contributed by atoms with Gasteiger partial charge in [-0.05, 0) is 80.8 Å². The van der Waals surface area contributed by atoms with Crippen molar-refractivity contribution in [3.63, 3.8) is 0 Å². The second-order valence-corrected chi connectivity index (χ2v) is 15.6. The highest BCUT2D eigenvalue weighted by atomic mass is 31.2. The van der Waals surface area contributed by atoms with E-state index in [1.807, 2.05) is 89.5 Å². The van der Waals surface area contributed by atoms with Crippen molar-refractivity contribution in [2.75, 3.05) is 32.8 Å². The van der Waals surface area contributed by atoms with Crippen LogP contribution in [0.25, 0.3) is 11.2 Å². The van der Waals surface area contributed by atoms with Gasteiger partial charge in [0, 0.05) is 17.6 Å². The fraction of sp³-hybridized carbons (Fsp3) is 0.311. The van der Waals surface area contributed by atoms with Crippen LogP contribution in [0.1, 0.15) is 61.2 Å². The van der Waals surface area contributed by atoms with Crippen LogP contribution in [0.2, 0.25) is 0 Å². The fourth-order valence-corrected chi connectivity index (χ4v) is 8.61. The van der Waals surface area contributed by atoms with Gasteiger partial charge in [-0.25, -0.2) is 19.6 Å². The van der Waals surface area contributed by atoms with Gasteiger partial charge in [0.25, 0.3) is 14.4 Å². The smallest absolute Gasteiger partial charge is 0.259 e. The molecule has 0 fully saturated rings. The molecule has 4 aromatic carbocycles. The number of ether oxygens (including phenoxy) is 3. The number of carbonyl (C=O) groups is 1. The number of nitrogens with one attached hydrogen (secondary N) is 1. The van der Waals surface area contributed by atoms with E-state index < -0.39 is 20.2 Å². The molecule has 0 aliphatic heterocycles. The van der Waals surface area contributed by atoms with Crippen LogP contribution < -0.4 is 14.8 Å². The molecule has 0 aliphatic carbocycles. The molecule has 1 N–H and O–H groups in total. The van der Waals surface area contributed by atoms with Crippen LogP contribution in [0.4, 0.5) is 5.82 Å². The van der Waals surface area contributed by atoms with Crippen LogP contribution in [-0.4, -0.2) is 75.7 Å². The van der Waals surface area contributed by atoms with E-state index in [0.29, 0.717) is 28.2 Å². The fourth-order valence-electron chi connectivity index (χ4n) is 6.92. The number of imidazole rings is 1. The summed E-state index contributed by atoms with van der Waals surface area (Å²) in [4.78, 5) is 26.8. The summed E-state index contributed by atoms with van der Waals surface area (Å²) in [6.45, 7) is 8.88. The van der Waals surface area contributed by atoms with Crippen LogP contribution >= 0.6 is 8.53 Å². The lowest BCUT2D eigenvalue weighted by Gasteiger charge is -2.39. The lowest BCUT2D eigenvalue weighted by atomic mass is 9.80. The number of rotatable bonds is 20. The Balaban J connectivity index is 1.44. The van der Waals surface area contributed by atoms with Crippen molar-refractivity contribution in [2.24, 2.45) is 0 Å². The van der Waals surface area contributed by atoms with E-state index in [0.717, 1.165) is 16.7 Å². The van der Waals surface area contributed by atoms with Gasteiger partial charge in [0.2, 0.25) is 0 Å². The van der Waals surface area contributed by atoms with E-state index in [4.69, 9.17) is 23.3 Å². The third kappa shape index (κ3) is 10.1. The van der Waals surface area contributed by atoms with Crippen LogP contribution in [0, 0.1) is 11.3 Å². The Bertz CT molecular complexity index is 2230. The number of nitrogens with zero attached hydrogens (tertiary/aromatic N) is 6. The Hall–Kier alpha value is -5.74. The van der Waals surface area contributed by atoms with Gasteiger partial charge in [-0.3, -0.25) is 4.79 Å². The van der Waals surface area contributed by atoms with E-state index >= 15 is 0 Å². The van der Waals surface area contributed by atoms with Crippen molar-refractivity contribution in [2.45, 2.75) is 64.4 Å². The highest BCUT2D eigenvalue weighted by molar-refractivity contribution is 7.44. The molecule has 0 aliphatic rings. The molecular weight excluding hydrogens is 766 g/mol. The Morgan fingerprint density at radius 3 is 1.95 bits per heavy atom. The van der Waals surface area contributed by atoms with Gasteiger partial charge in [0.15, 0.2) is 17.0 Å². The summed E-state index contributed by atoms with van der Waals surface area (Å²) in [5.74, 6) is 1.39. The largest absolute Gasteiger partial charge is 0.497 e. The minimum absolute atomic E-state index is 0.0596. The summed E-state index contributed by atoms with van der Waals surface area (Å²) in [5, 5.41) is 12.3. The monoisotopic (exact) mass is 815 g/mol. The minimum atomic E-state index is -1.70. The molecule has 2 unspecified atom stereocenters. The van der Waals surface area contributed by atoms with Gasteiger partial charge < -0.3 is 33.1 Å².